The summed E-state index contributed by atoms with van der Waals surface area (Å²) in [5.74, 6) is 0.788. The molecule has 0 unspecified atom stereocenters. The summed E-state index contributed by atoms with van der Waals surface area (Å²) in [4.78, 5) is 12.5. The van der Waals surface area contributed by atoms with E-state index in [9.17, 15) is 13.2 Å². The molecule has 0 radical (unpaired) electrons. The minimum atomic E-state index is -3.16. The molecule has 0 saturated carbocycles. The van der Waals surface area contributed by atoms with E-state index in [4.69, 9.17) is 11.6 Å². The van der Waals surface area contributed by atoms with E-state index in [1.54, 1.807) is 17.7 Å². The van der Waals surface area contributed by atoms with E-state index in [2.05, 4.69) is 5.10 Å². The number of rotatable bonds is 4. The molecule has 1 saturated heterocycles. The van der Waals surface area contributed by atoms with Gasteiger partial charge in [-0.1, -0.05) is 23.7 Å². The van der Waals surface area contributed by atoms with E-state index in [1.807, 2.05) is 18.2 Å². The molecule has 0 bridgehead atoms. The Labute approximate surface area is 151 Å². The molecule has 1 fully saturated rings. The van der Waals surface area contributed by atoms with Crippen molar-refractivity contribution in [3.8, 4) is 0 Å². The van der Waals surface area contributed by atoms with Crippen LogP contribution in [0.5, 0.6) is 0 Å². The summed E-state index contributed by atoms with van der Waals surface area (Å²) < 4.78 is 27.7. The van der Waals surface area contributed by atoms with Gasteiger partial charge in [-0.3, -0.25) is 4.57 Å². The smallest absolute Gasteiger partial charge is 0.282 e. The summed E-state index contributed by atoms with van der Waals surface area (Å²) >= 11 is 5.99. The Bertz CT molecular complexity index is 927. The van der Waals surface area contributed by atoms with Crippen molar-refractivity contribution in [2.24, 2.45) is 7.05 Å². The van der Waals surface area contributed by atoms with E-state index in [0.717, 1.165) is 5.56 Å². The van der Waals surface area contributed by atoms with E-state index < -0.39 is 10.0 Å². The van der Waals surface area contributed by atoms with Crippen LogP contribution >= 0.6 is 11.6 Å². The summed E-state index contributed by atoms with van der Waals surface area (Å²) in [7, 11) is -1.45. The topological polar surface area (TPSA) is 77.2 Å². The fourth-order valence-corrected chi connectivity index (χ4v) is 4.30. The molecule has 25 heavy (non-hydrogen) atoms. The Balaban J connectivity index is 1.79. The van der Waals surface area contributed by atoms with Crippen molar-refractivity contribution in [2.75, 3.05) is 19.3 Å². The zero-order valence-corrected chi connectivity index (χ0v) is 15.8. The molecular weight excluding hydrogens is 364 g/mol. The zero-order valence-electron chi connectivity index (χ0n) is 14.2. The second-order valence-corrected chi connectivity index (χ2v) is 8.84. The van der Waals surface area contributed by atoms with Gasteiger partial charge in [0.05, 0.1) is 12.8 Å². The van der Waals surface area contributed by atoms with Crippen molar-refractivity contribution in [2.45, 2.75) is 25.3 Å². The van der Waals surface area contributed by atoms with Gasteiger partial charge < -0.3 is 0 Å². The average molecular weight is 385 g/mol. The van der Waals surface area contributed by atoms with Crippen LogP contribution in [0.1, 0.15) is 30.1 Å². The van der Waals surface area contributed by atoms with Crippen LogP contribution in [-0.4, -0.2) is 46.4 Å². The zero-order chi connectivity index (χ0) is 18.2. The molecule has 136 valence electrons. The number of piperidine rings is 1. The quantitative estimate of drug-likeness (QED) is 0.798. The lowest BCUT2D eigenvalue weighted by molar-refractivity contribution is 0.311. The average Bonchev–Trinajstić information content (AvgIpc) is 2.83. The Kier molecular flexibility index (Phi) is 5.04. The molecule has 7 nitrogen and oxygen atoms in total. The van der Waals surface area contributed by atoms with Crippen LogP contribution in [0, 0.1) is 0 Å². The molecule has 1 aromatic heterocycles. The first kappa shape index (κ1) is 18.2. The number of sulfonamides is 1. The molecule has 0 spiro atoms. The molecule has 0 atom stereocenters. The molecule has 0 amide bonds. The van der Waals surface area contributed by atoms with Gasteiger partial charge >= 0.3 is 5.69 Å². The second-order valence-electron chi connectivity index (χ2n) is 6.42. The summed E-state index contributed by atoms with van der Waals surface area (Å²) in [6.07, 6.45) is 2.55. The maximum absolute atomic E-state index is 12.5. The third-order valence-electron chi connectivity index (χ3n) is 4.58. The van der Waals surface area contributed by atoms with Gasteiger partial charge in [0.15, 0.2) is 0 Å². The summed E-state index contributed by atoms with van der Waals surface area (Å²) in [5.41, 5.74) is 0.728. The lowest BCUT2D eigenvalue weighted by Crippen LogP contribution is -2.37. The van der Waals surface area contributed by atoms with Crippen LogP contribution in [0.2, 0.25) is 5.02 Å². The lowest BCUT2D eigenvalue weighted by atomic mass is 9.97. The molecule has 1 aliphatic rings. The van der Waals surface area contributed by atoms with Gasteiger partial charge in [0.2, 0.25) is 10.0 Å². The van der Waals surface area contributed by atoms with Crippen molar-refractivity contribution in [1.29, 1.82) is 0 Å². The SMILES string of the molecule is Cn1c(C2CCN(S(C)(=O)=O)CC2)nn(Cc2cccc(Cl)c2)c1=O. The standard InChI is InChI=1S/C16H21ClN4O3S/c1-19-15(13-6-8-20(9-7-13)25(2,23)24)18-21(16(19)22)11-12-4-3-5-14(17)10-12/h3-5,10,13H,6-9,11H2,1-2H3. The molecule has 2 aromatic rings. The molecule has 1 aromatic carbocycles. The van der Waals surface area contributed by atoms with Crippen molar-refractivity contribution in [1.82, 2.24) is 18.7 Å². The van der Waals surface area contributed by atoms with Gasteiger partial charge in [0.25, 0.3) is 0 Å². The maximum Gasteiger partial charge on any atom is 0.345 e. The van der Waals surface area contributed by atoms with E-state index in [0.29, 0.717) is 43.3 Å². The highest BCUT2D eigenvalue weighted by atomic mass is 35.5. The summed E-state index contributed by atoms with van der Waals surface area (Å²) in [6, 6.07) is 7.34. The van der Waals surface area contributed by atoms with Crippen molar-refractivity contribution in [3.63, 3.8) is 0 Å². The Morgan fingerprint density at radius 2 is 1.96 bits per heavy atom. The predicted octanol–water partition coefficient (Wildman–Crippen LogP) is 1.42. The Morgan fingerprint density at radius 1 is 1.28 bits per heavy atom. The Hall–Kier alpha value is -1.64. The van der Waals surface area contributed by atoms with Crippen LogP contribution in [0.4, 0.5) is 0 Å². The van der Waals surface area contributed by atoms with Gasteiger partial charge in [0, 0.05) is 31.1 Å². The highest BCUT2D eigenvalue weighted by molar-refractivity contribution is 7.88. The summed E-state index contributed by atoms with van der Waals surface area (Å²) in [6.45, 7) is 1.27. The number of hydrogen-bond donors (Lipinski definition) is 0. The highest BCUT2D eigenvalue weighted by Gasteiger charge is 2.29. The minimum Gasteiger partial charge on any atom is -0.282 e. The lowest BCUT2D eigenvalue weighted by Gasteiger charge is -2.29. The van der Waals surface area contributed by atoms with Gasteiger partial charge in [0.1, 0.15) is 5.82 Å². The normalized spacial score (nSPS) is 17.1. The number of halogens is 1. The van der Waals surface area contributed by atoms with Gasteiger partial charge in [-0.15, -0.1) is 0 Å². The first-order chi connectivity index (χ1) is 11.8. The van der Waals surface area contributed by atoms with E-state index in [1.165, 1.54) is 15.2 Å². The molecule has 3 rings (SSSR count). The van der Waals surface area contributed by atoms with Gasteiger partial charge in [-0.05, 0) is 30.5 Å². The van der Waals surface area contributed by atoms with Gasteiger partial charge in [-0.2, -0.15) is 5.10 Å². The van der Waals surface area contributed by atoms with Crippen molar-refractivity contribution in [3.05, 3.63) is 51.2 Å². The monoisotopic (exact) mass is 384 g/mol. The molecule has 2 heterocycles. The number of benzene rings is 1. The number of nitrogens with zero attached hydrogens (tertiary/aromatic N) is 4. The molecular formula is C16H21ClN4O3S. The fraction of sp³-hybridized carbons (Fsp3) is 0.500. The first-order valence-corrected chi connectivity index (χ1v) is 10.3. The van der Waals surface area contributed by atoms with Crippen LogP contribution in [-0.2, 0) is 23.6 Å². The number of aromatic nitrogens is 3. The summed E-state index contributed by atoms with van der Waals surface area (Å²) in [5, 5.41) is 5.12. The van der Waals surface area contributed by atoms with Crippen LogP contribution in [0.15, 0.2) is 29.1 Å². The molecule has 0 N–H and O–H groups in total. The first-order valence-electron chi connectivity index (χ1n) is 8.09. The number of hydrogen-bond acceptors (Lipinski definition) is 4. The molecule has 9 heteroatoms. The fourth-order valence-electron chi connectivity index (χ4n) is 3.22. The van der Waals surface area contributed by atoms with Crippen molar-refractivity contribution < 1.29 is 8.42 Å². The minimum absolute atomic E-state index is 0.0799. The van der Waals surface area contributed by atoms with Crippen LogP contribution < -0.4 is 5.69 Å². The predicted molar refractivity (Wildman–Crippen MR) is 96.4 cm³/mol. The highest BCUT2D eigenvalue weighted by Crippen LogP contribution is 2.27. The maximum atomic E-state index is 12.5. The Morgan fingerprint density at radius 3 is 2.56 bits per heavy atom. The third-order valence-corrected chi connectivity index (χ3v) is 6.12. The third kappa shape index (κ3) is 3.96. The molecule has 1 aliphatic heterocycles. The van der Waals surface area contributed by atoms with Gasteiger partial charge in [-0.25, -0.2) is 22.2 Å². The van der Waals surface area contributed by atoms with E-state index in [-0.39, 0.29) is 11.6 Å². The van der Waals surface area contributed by atoms with Crippen molar-refractivity contribution >= 4 is 21.6 Å². The largest absolute Gasteiger partial charge is 0.345 e. The van der Waals surface area contributed by atoms with Crippen LogP contribution in [0.25, 0.3) is 0 Å². The van der Waals surface area contributed by atoms with E-state index >= 15 is 0 Å². The van der Waals surface area contributed by atoms with Crippen LogP contribution in [0.3, 0.4) is 0 Å². The molecule has 0 aliphatic carbocycles. The second kappa shape index (κ2) is 6.93.